The topological polar surface area (TPSA) is 161 Å². The molecule has 3 amide bonds. The van der Waals surface area contributed by atoms with Crippen molar-refractivity contribution in [2.24, 2.45) is 34.5 Å². The van der Waals surface area contributed by atoms with Crippen LogP contribution >= 0.6 is 34.3 Å². The van der Waals surface area contributed by atoms with Gasteiger partial charge in [0.2, 0.25) is 23.0 Å². The summed E-state index contributed by atoms with van der Waals surface area (Å²) < 4.78 is 21.4. The predicted molar refractivity (Wildman–Crippen MR) is 296 cm³/mol. The molecular formula is C58H81ClN4O10S2. The van der Waals surface area contributed by atoms with Crippen molar-refractivity contribution in [2.75, 3.05) is 50.7 Å². The SMILES string of the molecule is CC1CCC(C(=O)Cl)CC1.CC[C@@H](C(=O)N1C[C@@H]2C[C@H]1CO2)N(C(=O)C1CCC(C)CC1)c1cc(C#CC(C)(C)C)sc1C(=O)OC.CC[C@H](Nc1cc(C#CC(C)(C)C)sc1C(=O)OC)C(=O)N1C[C@@H]2C[C@H]1CO2. The lowest BCUT2D eigenvalue weighted by Crippen LogP contribution is -2.55. The van der Waals surface area contributed by atoms with Crippen molar-refractivity contribution in [1.82, 2.24) is 9.80 Å². The molecule has 6 heterocycles. The third kappa shape index (κ3) is 15.8. The summed E-state index contributed by atoms with van der Waals surface area (Å²) in [6, 6.07) is 2.76. The summed E-state index contributed by atoms with van der Waals surface area (Å²) in [6.45, 7) is 22.9. The van der Waals surface area contributed by atoms with Gasteiger partial charge in [0.05, 0.1) is 72.9 Å². The minimum Gasteiger partial charge on any atom is -0.465 e. The number of rotatable bonds is 12. The molecule has 6 atom stereocenters. The zero-order valence-electron chi connectivity index (χ0n) is 46.4. The Balaban J connectivity index is 0.000000211. The first kappa shape index (κ1) is 59.8. The van der Waals surface area contributed by atoms with Crippen LogP contribution < -0.4 is 10.2 Å². The van der Waals surface area contributed by atoms with Gasteiger partial charge < -0.3 is 34.1 Å². The van der Waals surface area contributed by atoms with E-state index >= 15 is 0 Å². The Kier molecular flexibility index (Phi) is 20.9. The van der Waals surface area contributed by atoms with Crippen molar-refractivity contribution >= 4 is 80.6 Å². The van der Waals surface area contributed by atoms with Gasteiger partial charge in [-0.2, -0.15) is 0 Å². The second kappa shape index (κ2) is 26.3. The standard InChI is InChI=1S/C29H40N2O5S.C21H28N2O4S.C8H13ClO/c1-7-23(27(33)30-16-21-14-20(30)17-36-21)31(26(32)19-10-8-18(2)9-11-19)24-15-22(12-13-29(3,4)5)37-25(24)28(34)35-6;1-6-16(19(24)23-11-14-9-13(23)12-27-14)22-17-10-15(7-8-21(2,3)4)28-18(17)20(25)26-5;1-6-2-4-7(5-3-6)8(9)10/h15,18-21,23H,7-11,14,16-17H2,1-6H3;10,13-14,16,22H,6,9,11-12H2,1-5H3;6-7H,2-5H2,1H3/t18?,19?,20-,21-,23-;13-,14-,16-;/m00./s1. The van der Waals surface area contributed by atoms with Crippen molar-refractivity contribution < 1.29 is 47.7 Å². The largest absolute Gasteiger partial charge is 0.465 e. The predicted octanol–water partition coefficient (Wildman–Crippen LogP) is 10.6. The maximum Gasteiger partial charge on any atom is 0.350 e. The molecule has 412 valence electrons. The van der Waals surface area contributed by atoms with Gasteiger partial charge in [-0.25, -0.2) is 9.59 Å². The van der Waals surface area contributed by atoms with E-state index in [1.54, 1.807) is 11.0 Å². The number of nitrogens with zero attached hydrogens (tertiary/aromatic N) is 3. The highest BCUT2D eigenvalue weighted by Gasteiger charge is 2.47. The maximum absolute atomic E-state index is 14.2. The number of methoxy groups -OCH3 is 2. The molecule has 0 aromatic carbocycles. The molecule has 0 radical (unpaired) electrons. The van der Waals surface area contributed by atoms with Crippen LogP contribution in [0.4, 0.5) is 11.4 Å². The zero-order valence-corrected chi connectivity index (χ0v) is 48.7. The molecule has 1 N–H and O–H groups in total. The van der Waals surface area contributed by atoms with Gasteiger partial charge in [0.1, 0.15) is 21.8 Å². The van der Waals surface area contributed by atoms with Gasteiger partial charge in [0.15, 0.2) is 0 Å². The minimum atomic E-state index is -0.701. The Morgan fingerprint density at radius 3 is 1.60 bits per heavy atom. The summed E-state index contributed by atoms with van der Waals surface area (Å²) in [5.74, 6) is 13.1. The molecule has 4 aliphatic heterocycles. The fourth-order valence-electron chi connectivity index (χ4n) is 10.5. The van der Waals surface area contributed by atoms with E-state index in [2.05, 4.69) is 42.8 Å². The van der Waals surface area contributed by atoms with Crippen molar-refractivity contribution in [2.45, 2.75) is 183 Å². The second-order valence-corrected chi connectivity index (χ2v) is 25.8. The number of anilines is 2. The highest BCUT2D eigenvalue weighted by molar-refractivity contribution is 7.15. The van der Waals surface area contributed by atoms with Gasteiger partial charge in [-0.1, -0.05) is 51.4 Å². The summed E-state index contributed by atoms with van der Waals surface area (Å²) in [6.07, 6.45) is 11.0. The zero-order chi connectivity index (χ0) is 54.9. The van der Waals surface area contributed by atoms with E-state index in [-0.39, 0.29) is 69.9 Å². The lowest BCUT2D eigenvalue weighted by atomic mass is 9.82. The minimum absolute atomic E-state index is 0.0507. The summed E-state index contributed by atoms with van der Waals surface area (Å²) >= 11 is 7.87. The van der Waals surface area contributed by atoms with Crippen LogP contribution in [0.2, 0.25) is 0 Å². The highest BCUT2D eigenvalue weighted by Crippen LogP contribution is 2.39. The number of thiophene rings is 2. The number of morpholine rings is 2. The molecule has 6 aliphatic rings. The number of carbonyl (C=O) groups excluding carboxylic acids is 6. The van der Waals surface area contributed by atoms with Crippen LogP contribution in [0.25, 0.3) is 0 Å². The van der Waals surface area contributed by atoms with Gasteiger partial charge in [-0.3, -0.25) is 24.1 Å². The summed E-state index contributed by atoms with van der Waals surface area (Å²) in [4.78, 5) is 84.7. The summed E-state index contributed by atoms with van der Waals surface area (Å²) in [7, 11) is 2.69. The Morgan fingerprint density at radius 1 is 0.707 bits per heavy atom. The van der Waals surface area contributed by atoms with Crippen LogP contribution in [0.5, 0.6) is 0 Å². The van der Waals surface area contributed by atoms with Crippen LogP contribution in [0.15, 0.2) is 12.1 Å². The number of hydrogen-bond acceptors (Lipinski definition) is 13. The molecular weight excluding hydrogens is 1010 g/mol. The smallest absolute Gasteiger partial charge is 0.350 e. The van der Waals surface area contributed by atoms with E-state index in [0.29, 0.717) is 71.1 Å². The number of nitrogens with one attached hydrogen (secondary N) is 1. The van der Waals surface area contributed by atoms with Gasteiger partial charge in [0, 0.05) is 35.8 Å². The van der Waals surface area contributed by atoms with E-state index in [1.165, 1.54) is 49.7 Å². The summed E-state index contributed by atoms with van der Waals surface area (Å²) in [5, 5.41) is 3.14. The Morgan fingerprint density at radius 2 is 1.17 bits per heavy atom. The molecule has 0 spiro atoms. The summed E-state index contributed by atoms with van der Waals surface area (Å²) in [5.41, 5.74) is 0.695. The van der Waals surface area contributed by atoms with Crippen LogP contribution in [-0.2, 0) is 38.1 Å². The number of carbonyl (C=O) groups is 6. The normalized spacial score (nSPS) is 25.4. The lowest BCUT2D eigenvalue weighted by molar-refractivity contribution is -0.139. The van der Waals surface area contributed by atoms with Crippen molar-refractivity contribution in [3.63, 3.8) is 0 Å². The van der Waals surface area contributed by atoms with E-state index in [0.717, 1.165) is 62.2 Å². The first-order valence-corrected chi connectivity index (χ1v) is 29.1. The maximum atomic E-state index is 14.2. The molecule has 2 saturated carbocycles. The fourth-order valence-corrected chi connectivity index (χ4v) is 12.6. The van der Waals surface area contributed by atoms with Gasteiger partial charge in [0.25, 0.3) is 0 Å². The highest BCUT2D eigenvalue weighted by atomic mass is 35.5. The Labute approximate surface area is 459 Å². The van der Waals surface area contributed by atoms with E-state index in [9.17, 15) is 28.8 Å². The molecule has 2 aromatic rings. The number of hydrogen-bond donors (Lipinski definition) is 1. The van der Waals surface area contributed by atoms with E-state index < -0.39 is 24.0 Å². The number of halogens is 1. The Hall–Kier alpha value is -4.45. The molecule has 8 rings (SSSR count). The van der Waals surface area contributed by atoms with Crippen LogP contribution in [0, 0.1) is 58.2 Å². The van der Waals surface area contributed by atoms with Crippen molar-refractivity contribution in [3.8, 4) is 23.7 Å². The molecule has 6 fully saturated rings. The van der Waals surface area contributed by atoms with Crippen LogP contribution in [0.3, 0.4) is 0 Å². The molecule has 75 heavy (non-hydrogen) atoms. The average molecular weight is 1090 g/mol. The number of esters is 2. The molecule has 0 unspecified atom stereocenters. The van der Waals surface area contributed by atoms with Crippen LogP contribution in [0.1, 0.15) is 175 Å². The van der Waals surface area contributed by atoms with Crippen LogP contribution in [-0.4, -0.2) is 122 Å². The fraction of sp³-hybridized carbons (Fsp3) is 0.690. The first-order valence-electron chi connectivity index (χ1n) is 27.1. The monoisotopic (exact) mass is 1090 g/mol. The van der Waals surface area contributed by atoms with E-state index in [1.807, 2.05) is 71.3 Å². The average Bonchev–Trinajstić information content (AvgIpc) is 4.27. The number of amides is 3. The second-order valence-electron chi connectivity index (χ2n) is 23.3. The quantitative estimate of drug-likeness (QED) is 0.122. The lowest BCUT2D eigenvalue weighted by Gasteiger charge is -2.38. The molecule has 2 aliphatic carbocycles. The third-order valence-electron chi connectivity index (χ3n) is 14.9. The molecule has 17 heteroatoms. The molecule has 4 bridgehead atoms. The van der Waals surface area contributed by atoms with Crippen molar-refractivity contribution in [3.05, 3.63) is 31.6 Å². The Bertz CT molecular complexity index is 2490. The van der Waals surface area contributed by atoms with Crippen molar-refractivity contribution in [1.29, 1.82) is 0 Å². The number of fused-ring (bicyclic) bond motifs is 4. The number of likely N-dealkylation sites (tertiary alicyclic amines) is 2. The number of ether oxygens (including phenoxy) is 4. The molecule has 4 saturated heterocycles. The van der Waals surface area contributed by atoms with E-state index in [4.69, 9.17) is 30.5 Å². The van der Waals surface area contributed by atoms with Gasteiger partial charge in [-0.05, 0) is 154 Å². The molecule has 14 nitrogen and oxygen atoms in total. The molecule has 2 aromatic heterocycles. The van der Waals surface area contributed by atoms with Gasteiger partial charge >= 0.3 is 11.9 Å². The van der Waals surface area contributed by atoms with Gasteiger partial charge in [-0.15, -0.1) is 22.7 Å². The third-order valence-corrected chi connectivity index (χ3v) is 17.3. The first-order chi connectivity index (χ1) is 35.4.